The van der Waals surface area contributed by atoms with Gasteiger partial charge >= 0.3 is 6.09 Å². The van der Waals surface area contributed by atoms with Crippen LogP contribution in [0.2, 0.25) is 0 Å². The van der Waals surface area contributed by atoms with Crippen molar-refractivity contribution in [3.05, 3.63) is 35.9 Å². The Bertz CT molecular complexity index is 778. The van der Waals surface area contributed by atoms with E-state index in [0.29, 0.717) is 5.56 Å². The third kappa shape index (κ3) is 8.55. The smallest absolute Gasteiger partial charge is 0.408 e. The number of nitrogens with zero attached hydrogens (tertiary/aromatic N) is 1. The molecule has 3 amide bonds. The molecule has 0 aromatic heterocycles. The Labute approximate surface area is 201 Å². The maximum Gasteiger partial charge on any atom is 0.408 e. The number of hydrogen-bond acceptors (Lipinski definition) is 6. The molecule has 1 aromatic rings. The average molecular weight is 480 g/mol. The van der Waals surface area contributed by atoms with Crippen molar-refractivity contribution in [2.24, 2.45) is 0 Å². The van der Waals surface area contributed by atoms with Gasteiger partial charge in [-0.05, 0) is 39.2 Å². The molecule has 0 radical (unpaired) electrons. The van der Waals surface area contributed by atoms with Crippen molar-refractivity contribution in [1.29, 1.82) is 0 Å². The summed E-state index contributed by atoms with van der Waals surface area (Å²) in [5, 5.41) is 15.4. The molecule has 1 saturated carbocycles. The van der Waals surface area contributed by atoms with E-state index in [4.69, 9.17) is 4.74 Å². The van der Waals surface area contributed by atoms with Crippen LogP contribution in [-0.2, 0) is 14.3 Å². The van der Waals surface area contributed by atoms with Crippen LogP contribution >= 0.6 is 12.6 Å². The summed E-state index contributed by atoms with van der Waals surface area (Å²) in [7, 11) is 0. The van der Waals surface area contributed by atoms with Crippen molar-refractivity contribution in [3.8, 4) is 0 Å². The zero-order chi connectivity index (χ0) is 24.4. The summed E-state index contributed by atoms with van der Waals surface area (Å²) >= 11 is 4.24. The van der Waals surface area contributed by atoms with Crippen LogP contribution in [0.25, 0.3) is 0 Å². The lowest BCUT2D eigenvalue weighted by atomic mass is 9.94. The van der Waals surface area contributed by atoms with E-state index in [1.807, 2.05) is 6.07 Å². The Balaban J connectivity index is 2.29. The molecule has 0 bridgehead atoms. The summed E-state index contributed by atoms with van der Waals surface area (Å²) < 4.78 is 5.27. The van der Waals surface area contributed by atoms with Gasteiger partial charge < -0.3 is 25.4 Å². The zero-order valence-electron chi connectivity index (χ0n) is 19.8. The van der Waals surface area contributed by atoms with E-state index in [1.165, 1.54) is 4.90 Å². The number of ether oxygens (including phenoxy) is 1. The molecule has 1 aliphatic carbocycles. The minimum Gasteiger partial charge on any atom is -0.444 e. The minimum atomic E-state index is -1.02. The number of rotatable bonds is 9. The third-order valence-corrected chi connectivity index (χ3v) is 5.79. The second-order valence-electron chi connectivity index (χ2n) is 9.29. The largest absolute Gasteiger partial charge is 0.444 e. The van der Waals surface area contributed by atoms with Crippen molar-refractivity contribution in [2.45, 2.75) is 76.6 Å². The van der Waals surface area contributed by atoms with Crippen molar-refractivity contribution in [1.82, 2.24) is 15.5 Å². The van der Waals surface area contributed by atoms with E-state index in [0.717, 1.165) is 32.1 Å². The van der Waals surface area contributed by atoms with Gasteiger partial charge in [0.1, 0.15) is 17.7 Å². The second-order valence-corrected chi connectivity index (χ2v) is 9.66. The van der Waals surface area contributed by atoms with E-state index in [1.54, 1.807) is 45.0 Å². The standard InChI is InChI=1S/C24H37N3O5S/c1-24(2,3)32-23(31)26-19(16-33)22(30)27(14-15-28)20(17-10-6-4-7-11-17)21(29)25-18-12-8-5-9-13-18/h4,6-7,10-11,18-20,28,33H,5,8-9,12-16H2,1-3H3,(H,25,29)(H,26,31). The highest BCUT2D eigenvalue weighted by molar-refractivity contribution is 7.80. The highest BCUT2D eigenvalue weighted by Crippen LogP contribution is 2.24. The quantitative estimate of drug-likeness (QED) is 0.408. The van der Waals surface area contributed by atoms with Crippen molar-refractivity contribution in [2.75, 3.05) is 18.9 Å². The molecule has 1 aromatic carbocycles. The van der Waals surface area contributed by atoms with E-state index in [9.17, 15) is 19.5 Å². The van der Waals surface area contributed by atoms with Gasteiger partial charge in [-0.1, -0.05) is 49.6 Å². The highest BCUT2D eigenvalue weighted by Gasteiger charge is 2.36. The van der Waals surface area contributed by atoms with E-state index >= 15 is 0 Å². The fourth-order valence-corrected chi connectivity index (χ4v) is 4.19. The predicted octanol–water partition coefficient (Wildman–Crippen LogP) is 2.82. The number of aliphatic hydroxyl groups excluding tert-OH is 1. The fraction of sp³-hybridized carbons (Fsp3) is 0.625. The summed E-state index contributed by atoms with van der Waals surface area (Å²) in [4.78, 5) is 40.5. The van der Waals surface area contributed by atoms with Crippen LogP contribution in [0.3, 0.4) is 0 Å². The van der Waals surface area contributed by atoms with E-state index in [2.05, 4.69) is 23.3 Å². The number of nitrogens with one attached hydrogen (secondary N) is 2. The van der Waals surface area contributed by atoms with Crippen LogP contribution in [0, 0.1) is 0 Å². The van der Waals surface area contributed by atoms with Gasteiger partial charge in [-0.3, -0.25) is 9.59 Å². The Morgan fingerprint density at radius 2 is 1.79 bits per heavy atom. The molecule has 2 unspecified atom stereocenters. The summed E-state index contributed by atoms with van der Waals surface area (Å²) in [6.07, 6.45) is 4.33. The molecule has 0 aliphatic heterocycles. The Hall–Kier alpha value is -2.26. The molecule has 0 saturated heterocycles. The van der Waals surface area contributed by atoms with Crippen LogP contribution < -0.4 is 10.6 Å². The first-order chi connectivity index (χ1) is 15.7. The maximum absolute atomic E-state index is 13.5. The predicted molar refractivity (Wildman–Crippen MR) is 130 cm³/mol. The third-order valence-electron chi connectivity index (χ3n) is 5.42. The Morgan fingerprint density at radius 3 is 2.33 bits per heavy atom. The summed E-state index contributed by atoms with van der Waals surface area (Å²) in [5.41, 5.74) is -0.103. The lowest BCUT2D eigenvalue weighted by Crippen LogP contribution is -2.55. The number of benzene rings is 1. The summed E-state index contributed by atoms with van der Waals surface area (Å²) in [6, 6.07) is 7.07. The van der Waals surface area contributed by atoms with Crippen LogP contribution in [0.15, 0.2) is 30.3 Å². The summed E-state index contributed by atoms with van der Waals surface area (Å²) in [5.74, 6) is -0.811. The zero-order valence-corrected chi connectivity index (χ0v) is 20.6. The molecule has 0 heterocycles. The van der Waals surface area contributed by atoms with Gasteiger partial charge in [0.2, 0.25) is 11.8 Å². The molecule has 0 spiro atoms. The molecule has 184 valence electrons. The first-order valence-corrected chi connectivity index (χ1v) is 12.2. The maximum atomic E-state index is 13.5. The minimum absolute atomic E-state index is 0.00571. The number of alkyl carbamates (subject to hydrolysis) is 1. The van der Waals surface area contributed by atoms with Gasteiger partial charge in [0.25, 0.3) is 0 Å². The molecule has 8 nitrogen and oxygen atoms in total. The van der Waals surface area contributed by atoms with Gasteiger partial charge in [-0.2, -0.15) is 12.6 Å². The molecule has 33 heavy (non-hydrogen) atoms. The number of thiol groups is 1. The molecule has 2 atom stereocenters. The fourth-order valence-electron chi connectivity index (χ4n) is 3.94. The lowest BCUT2D eigenvalue weighted by Gasteiger charge is -2.35. The van der Waals surface area contributed by atoms with Crippen molar-refractivity contribution >= 4 is 30.5 Å². The molecule has 3 N–H and O–H groups in total. The van der Waals surface area contributed by atoms with Crippen LogP contribution in [-0.4, -0.2) is 64.5 Å². The number of carbonyl (C=O) groups is 3. The molecule has 1 aliphatic rings. The number of amides is 3. The monoisotopic (exact) mass is 479 g/mol. The Kier molecular flexibility index (Phi) is 10.5. The first kappa shape index (κ1) is 27.0. The van der Waals surface area contributed by atoms with Crippen LogP contribution in [0.1, 0.15) is 64.5 Å². The SMILES string of the molecule is CC(C)(C)OC(=O)NC(CS)C(=O)N(CCO)C(C(=O)NC1CCCCC1)c1ccccc1. The lowest BCUT2D eigenvalue weighted by molar-refractivity contribution is -0.143. The van der Waals surface area contributed by atoms with Crippen molar-refractivity contribution < 1.29 is 24.2 Å². The molecule has 1 fully saturated rings. The van der Waals surface area contributed by atoms with Crippen molar-refractivity contribution in [3.63, 3.8) is 0 Å². The van der Waals surface area contributed by atoms with Crippen LogP contribution in [0.5, 0.6) is 0 Å². The number of aliphatic hydroxyl groups is 1. The first-order valence-electron chi connectivity index (χ1n) is 11.5. The van der Waals surface area contributed by atoms with E-state index in [-0.39, 0.29) is 30.9 Å². The highest BCUT2D eigenvalue weighted by atomic mass is 32.1. The molecule has 9 heteroatoms. The van der Waals surface area contributed by atoms with Gasteiger partial charge in [0, 0.05) is 18.3 Å². The number of hydrogen-bond donors (Lipinski definition) is 4. The van der Waals surface area contributed by atoms with E-state index < -0.39 is 29.7 Å². The normalized spacial score (nSPS) is 16.4. The summed E-state index contributed by atoms with van der Waals surface area (Å²) in [6.45, 7) is 4.77. The second kappa shape index (κ2) is 12.8. The van der Waals surface area contributed by atoms with Crippen LogP contribution in [0.4, 0.5) is 4.79 Å². The molecular weight excluding hydrogens is 442 g/mol. The van der Waals surface area contributed by atoms with Gasteiger partial charge in [0.05, 0.1) is 6.61 Å². The Morgan fingerprint density at radius 1 is 1.15 bits per heavy atom. The van der Waals surface area contributed by atoms with Gasteiger partial charge in [-0.25, -0.2) is 4.79 Å². The van der Waals surface area contributed by atoms with Gasteiger partial charge in [0.15, 0.2) is 0 Å². The van der Waals surface area contributed by atoms with Gasteiger partial charge in [-0.15, -0.1) is 0 Å². The topological polar surface area (TPSA) is 108 Å². The number of carbonyl (C=O) groups excluding carboxylic acids is 3. The average Bonchev–Trinajstić information content (AvgIpc) is 2.77. The molecule has 2 rings (SSSR count). The molecular formula is C24H37N3O5S.